The van der Waals surface area contributed by atoms with Gasteiger partial charge in [0.1, 0.15) is 6.61 Å². The molecule has 0 aromatic rings. The normalized spacial score (nSPS) is 11.8. The minimum atomic E-state index is -5.25. The van der Waals surface area contributed by atoms with Gasteiger partial charge in [-0.1, -0.05) is 154 Å². The van der Waals surface area contributed by atoms with Gasteiger partial charge in [0.05, 0.1) is 14.4 Å². The van der Waals surface area contributed by atoms with Crippen molar-refractivity contribution in [2.75, 3.05) is 19.0 Å². The molecule has 0 saturated carbocycles. The maximum Gasteiger partial charge on any atom is 1.00 e. The summed E-state index contributed by atoms with van der Waals surface area (Å²) in [6.07, 6.45) is 26.9. The number of hydrogen-bond donors (Lipinski definition) is 0. The molecule has 272 valence electrons. The molecule has 0 heterocycles. The Morgan fingerprint density at radius 2 is 0.958 bits per heavy atom. The number of carbonyl (C=O) groups excluding carboxylic acids is 3. The number of rotatable bonds is 34. The van der Waals surface area contributed by atoms with Crippen LogP contribution in [-0.2, 0) is 32.9 Å². The fraction of sp³-hybridized carbons (Fsp3) is 0.914. The first-order valence-electron chi connectivity index (χ1n) is 18.3. The summed E-state index contributed by atoms with van der Waals surface area (Å²) in [6.45, 7) is 2.83. The van der Waals surface area contributed by atoms with Gasteiger partial charge in [-0.05, 0) is 19.3 Å². The van der Waals surface area contributed by atoms with Crippen LogP contribution in [0.2, 0.25) is 0 Å². The number of ether oxygens (including phenoxy) is 2. The van der Waals surface area contributed by atoms with E-state index < -0.39 is 32.5 Å². The van der Waals surface area contributed by atoms with Crippen molar-refractivity contribution in [1.82, 2.24) is 0 Å². The molecule has 0 fully saturated rings. The van der Waals surface area contributed by atoms with Crippen LogP contribution in [0.4, 0.5) is 0 Å². The molecule has 0 spiro atoms. The zero-order valence-corrected chi connectivity index (χ0v) is 36.8. The second-order valence-electron chi connectivity index (χ2n) is 12.5. The van der Waals surface area contributed by atoms with Crippen LogP contribution in [-0.4, -0.2) is 42.1 Å². The third-order valence-corrected chi connectivity index (χ3v) is 9.33. The average Bonchev–Trinajstić information content (AvgIpc) is 3.00. The SMILES string of the molecule is CCCCCCCCCCCCCCC(=O)O[C@@H](COC(=O)CCCCCCCCCCCCCCSC(C)=O)COP(=O)([O-])[O-].[Na+].[Na+]. The Kier molecular flexibility index (Phi) is 43.7. The summed E-state index contributed by atoms with van der Waals surface area (Å²) in [4.78, 5) is 57.2. The van der Waals surface area contributed by atoms with Crippen molar-refractivity contribution in [2.24, 2.45) is 0 Å². The maximum absolute atomic E-state index is 12.3. The van der Waals surface area contributed by atoms with Crippen LogP contribution < -0.4 is 68.9 Å². The molecule has 48 heavy (non-hydrogen) atoms. The van der Waals surface area contributed by atoms with E-state index in [1.54, 1.807) is 6.92 Å². The maximum atomic E-state index is 12.3. The predicted octanol–water partition coefficient (Wildman–Crippen LogP) is 2.74. The zero-order valence-electron chi connectivity index (χ0n) is 31.1. The number of phosphoric acid groups is 1. The van der Waals surface area contributed by atoms with E-state index in [0.29, 0.717) is 12.8 Å². The van der Waals surface area contributed by atoms with Crippen LogP contribution in [0.15, 0.2) is 0 Å². The second kappa shape index (κ2) is 39.3. The molecule has 0 aromatic heterocycles. The Balaban J connectivity index is -0.0000101. The van der Waals surface area contributed by atoms with Crippen LogP contribution in [0.1, 0.15) is 181 Å². The number of esters is 2. The van der Waals surface area contributed by atoms with E-state index in [9.17, 15) is 28.7 Å². The first-order chi connectivity index (χ1) is 22.1. The van der Waals surface area contributed by atoms with Crippen LogP contribution >= 0.6 is 19.6 Å². The topological polar surface area (TPSA) is 142 Å². The molecular formula is C35H65Na2O9PS. The molecule has 0 radical (unpaired) electrons. The Bertz CT molecular complexity index is 802. The van der Waals surface area contributed by atoms with Gasteiger partial charge < -0.3 is 28.3 Å². The van der Waals surface area contributed by atoms with Gasteiger partial charge in [-0.2, -0.15) is 0 Å². The van der Waals surface area contributed by atoms with Gasteiger partial charge in [-0.25, -0.2) is 0 Å². The molecule has 0 N–H and O–H groups in total. The van der Waals surface area contributed by atoms with Crippen molar-refractivity contribution in [3.05, 3.63) is 0 Å². The van der Waals surface area contributed by atoms with Crippen molar-refractivity contribution in [1.29, 1.82) is 0 Å². The summed E-state index contributed by atoms with van der Waals surface area (Å²) in [5.74, 6) is -0.0368. The summed E-state index contributed by atoms with van der Waals surface area (Å²) in [7, 11) is -5.25. The molecule has 0 aliphatic heterocycles. The number of carbonyl (C=O) groups is 3. The molecular weight excluding hydrogens is 673 g/mol. The van der Waals surface area contributed by atoms with Crippen LogP contribution in [0.5, 0.6) is 0 Å². The standard InChI is InChI=1S/C35H67O9PS.2Na/c1-3-4-5-6-7-8-9-12-16-19-22-25-28-35(38)44-33(31-43-45(39,40)41)30-42-34(37)27-24-21-18-15-13-10-11-14-17-20-23-26-29-46-32(2)36;;/h33H,3-31H2,1-2H3,(H2,39,40,41);;/q;2*+1/p-2/t33-;;/m0../s1. The Morgan fingerprint density at radius 3 is 1.35 bits per heavy atom. The Hall–Kier alpha value is 1.07. The zero-order chi connectivity index (χ0) is 34.1. The van der Waals surface area contributed by atoms with Gasteiger partial charge in [-0.3, -0.25) is 14.4 Å². The van der Waals surface area contributed by atoms with Crippen molar-refractivity contribution in [3.8, 4) is 0 Å². The van der Waals surface area contributed by atoms with E-state index in [4.69, 9.17) is 9.47 Å². The van der Waals surface area contributed by atoms with Gasteiger partial charge in [0.15, 0.2) is 11.2 Å². The van der Waals surface area contributed by atoms with E-state index in [2.05, 4.69) is 11.4 Å². The summed E-state index contributed by atoms with van der Waals surface area (Å²) in [6, 6.07) is 0. The van der Waals surface area contributed by atoms with Gasteiger partial charge in [0.2, 0.25) is 0 Å². The van der Waals surface area contributed by atoms with Crippen molar-refractivity contribution < 1.29 is 102 Å². The summed E-state index contributed by atoms with van der Waals surface area (Å²) >= 11 is 1.42. The number of unbranched alkanes of at least 4 members (excludes halogenated alkanes) is 22. The van der Waals surface area contributed by atoms with E-state index in [-0.39, 0.29) is 83.7 Å². The monoisotopic (exact) mass is 738 g/mol. The quantitative estimate of drug-likeness (QED) is 0.0419. The third-order valence-electron chi connectivity index (χ3n) is 7.96. The number of hydrogen-bond acceptors (Lipinski definition) is 10. The largest absolute Gasteiger partial charge is 1.00 e. The van der Waals surface area contributed by atoms with Crippen molar-refractivity contribution in [3.63, 3.8) is 0 Å². The molecule has 0 saturated heterocycles. The summed E-state index contributed by atoms with van der Waals surface area (Å²) in [5.41, 5.74) is 0. The predicted molar refractivity (Wildman–Crippen MR) is 183 cm³/mol. The van der Waals surface area contributed by atoms with Crippen LogP contribution in [0.25, 0.3) is 0 Å². The summed E-state index contributed by atoms with van der Waals surface area (Å²) in [5, 5.41) is 0.202. The van der Waals surface area contributed by atoms with Gasteiger partial charge in [0.25, 0.3) is 0 Å². The molecule has 0 amide bonds. The van der Waals surface area contributed by atoms with Gasteiger partial charge in [0, 0.05) is 25.5 Å². The molecule has 0 unspecified atom stereocenters. The molecule has 9 nitrogen and oxygen atoms in total. The third kappa shape index (κ3) is 43.2. The average molecular weight is 739 g/mol. The van der Waals surface area contributed by atoms with E-state index >= 15 is 0 Å². The van der Waals surface area contributed by atoms with Crippen molar-refractivity contribution in [2.45, 2.75) is 187 Å². The smallest absolute Gasteiger partial charge is 0.790 e. The molecule has 0 bridgehead atoms. The molecule has 0 aromatic carbocycles. The molecule has 0 aliphatic carbocycles. The fourth-order valence-electron chi connectivity index (χ4n) is 5.26. The first kappa shape index (κ1) is 53.4. The van der Waals surface area contributed by atoms with Crippen LogP contribution in [0.3, 0.4) is 0 Å². The second-order valence-corrected chi connectivity index (χ2v) is 14.9. The minimum absolute atomic E-state index is 0. The Labute approximate surface area is 341 Å². The molecule has 0 rings (SSSR count). The van der Waals surface area contributed by atoms with E-state index in [0.717, 1.165) is 50.7 Å². The van der Waals surface area contributed by atoms with Gasteiger partial charge >= 0.3 is 71.1 Å². The number of phosphoric ester groups is 1. The van der Waals surface area contributed by atoms with E-state index in [1.807, 2.05) is 0 Å². The minimum Gasteiger partial charge on any atom is -0.790 e. The number of thioether (sulfide) groups is 1. The van der Waals surface area contributed by atoms with Gasteiger partial charge in [-0.15, -0.1) is 0 Å². The molecule has 13 heteroatoms. The summed E-state index contributed by atoms with van der Waals surface area (Å²) < 4.78 is 25.7. The Morgan fingerprint density at radius 1 is 0.583 bits per heavy atom. The molecule has 1 atom stereocenters. The van der Waals surface area contributed by atoms with Crippen LogP contribution in [0, 0.1) is 0 Å². The first-order valence-corrected chi connectivity index (χ1v) is 20.7. The van der Waals surface area contributed by atoms with E-state index in [1.165, 1.54) is 108 Å². The fourth-order valence-corrected chi connectivity index (χ4v) is 6.24. The van der Waals surface area contributed by atoms with Crippen molar-refractivity contribution >= 4 is 36.6 Å². The molecule has 0 aliphatic rings.